The van der Waals surface area contributed by atoms with Gasteiger partial charge in [-0.1, -0.05) is 6.07 Å². The number of nitriles is 1. The van der Waals surface area contributed by atoms with Crippen LogP contribution in [-0.4, -0.2) is 16.1 Å². The minimum absolute atomic E-state index is 0.155. The number of hydrogen-bond acceptors (Lipinski definition) is 3. The Balaban J connectivity index is 2.63. The minimum atomic E-state index is -1.01. The van der Waals surface area contributed by atoms with E-state index >= 15 is 0 Å². The van der Waals surface area contributed by atoms with Crippen LogP contribution in [0.1, 0.15) is 15.9 Å². The van der Waals surface area contributed by atoms with E-state index in [9.17, 15) is 4.79 Å². The molecule has 0 unspecified atom stereocenters. The fourth-order valence-electron chi connectivity index (χ4n) is 1.54. The average Bonchev–Trinajstić information content (AvgIpc) is 2.39. The molecule has 0 fully saturated rings. The van der Waals surface area contributed by atoms with Gasteiger partial charge in [-0.3, -0.25) is 4.98 Å². The quantitative estimate of drug-likeness (QED) is 0.849. The van der Waals surface area contributed by atoms with Crippen molar-refractivity contribution < 1.29 is 9.90 Å². The highest BCUT2D eigenvalue weighted by atomic mass is 16.4. The summed E-state index contributed by atoms with van der Waals surface area (Å²) in [6.45, 7) is 0. The molecule has 0 atom stereocenters. The highest BCUT2D eigenvalue weighted by Crippen LogP contribution is 2.23. The minimum Gasteiger partial charge on any atom is -0.478 e. The molecular weight excluding hydrogens is 216 g/mol. The molecule has 82 valence electrons. The van der Waals surface area contributed by atoms with Gasteiger partial charge in [0, 0.05) is 23.5 Å². The van der Waals surface area contributed by atoms with Gasteiger partial charge in [0.15, 0.2) is 0 Å². The van der Waals surface area contributed by atoms with Crippen LogP contribution in [0.5, 0.6) is 0 Å². The average molecular weight is 224 g/mol. The van der Waals surface area contributed by atoms with Crippen LogP contribution in [0.2, 0.25) is 0 Å². The Morgan fingerprint density at radius 1 is 1.35 bits per heavy atom. The van der Waals surface area contributed by atoms with Gasteiger partial charge in [-0.25, -0.2) is 4.79 Å². The fourth-order valence-corrected chi connectivity index (χ4v) is 1.54. The summed E-state index contributed by atoms with van der Waals surface area (Å²) in [6.07, 6.45) is 3.22. The lowest BCUT2D eigenvalue weighted by Gasteiger charge is -2.04. The lowest BCUT2D eigenvalue weighted by Crippen LogP contribution is -1.97. The van der Waals surface area contributed by atoms with E-state index in [1.807, 2.05) is 6.07 Å². The van der Waals surface area contributed by atoms with Crippen molar-refractivity contribution in [2.24, 2.45) is 0 Å². The van der Waals surface area contributed by atoms with Gasteiger partial charge in [0.1, 0.15) is 0 Å². The molecule has 0 saturated carbocycles. The van der Waals surface area contributed by atoms with Crippen LogP contribution in [0.4, 0.5) is 0 Å². The maximum absolute atomic E-state index is 10.9. The molecule has 0 spiro atoms. The van der Waals surface area contributed by atoms with Crippen molar-refractivity contribution in [1.82, 2.24) is 4.98 Å². The van der Waals surface area contributed by atoms with E-state index in [0.29, 0.717) is 11.1 Å². The number of carboxylic acid groups (broad SMARTS) is 1. The molecule has 0 saturated heterocycles. The van der Waals surface area contributed by atoms with Gasteiger partial charge < -0.3 is 5.11 Å². The van der Waals surface area contributed by atoms with Gasteiger partial charge in [0.2, 0.25) is 0 Å². The first-order chi connectivity index (χ1) is 8.22. The number of carboxylic acids is 1. The number of pyridine rings is 1. The zero-order valence-electron chi connectivity index (χ0n) is 8.79. The molecule has 1 heterocycles. The highest BCUT2D eigenvalue weighted by Gasteiger charge is 2.09. The Bertz CT molecular complexity index is 601. The molecule has 0 aliphatic rings. The van der Waals surface area contributed by atoms with Crippen molar-refractivity contribution >= 4 is 5.97 Å². The van der Waals surface area contributed by atoms with Crippen LogP contribution in [0.3, 0.4) is 0 Å². The molecule has 4 nitrogen and oxygen atoms in total. The number of nitrogens with zero attached hydrogens (tertiary/aromatic N) is 2. The van der Waals surface area contributed by atoms with Crippen molar-refractivity contribution in [3.8, 4) is 17.2 Å². The Morgan fingerprint density at radius 3 is 2.76 bits per heavy atom. The molecule has 1 N–H and O–H groups in total. The number of carbonyl (C=O) groups is 1. The molecule has 1 aromatic carbocycles. The summed E-state index contributed by atoms with van der Waals surface area (Å²) in [7, 11) is 0. The largest absolute Gasteiger partial charge is 0.478 e. The number of aromatic nitrogens is 1. The first-order valence-corrected chi connectivity index (χ1v) is 4.90. The monoisotopic (exact) mass is 224 g/mol. The second kappa shape index (κ2) is 4.45. The van der Waals surface area contributed by atoms with Crippen LogP contribution in [-0.2, 0) is 0 Å². The van der Waals surface area contributed by atoms with Gasteiger partial charge in [-0.05, 0) is 24.3 Å². The third kappa shape index (κ3) is 2.13. The zero-order valence-corrected chi connectivity index (χ0v) is 8.79. The van der Waals surface area contributed by atoms with Crippen LogP contribution in [0, 0.1) is 11.3 Å². The van der Waals surface area contributed by atoms with Crippen LogP contribution in [0.25, 0.3) is 11.1 Å². The second-order valence-corrected chi connectivity index (χ2v) is 3.42. The van der Waals surface area contributed by atoms with Crippen molar-refractivity contribution in [2.75, 3.05) is 0 Å². The van der Waals surface area contributed by atoms with E-state index in [-0.39, 0.29) is 5.56 Å². The number of hydrogen-bond donors (Lipinski definition) is 1. The highest BCUT2D eigenvalue weighted by molar-refractivity contribution is 5.90. The number of rotatable bonds is 2. The normalized spacial score (nSPS) is 9.59. The molecule has 0 bridgehead atoms. The molecule has 0 aliphatic heterocycles. The first-order valence-electron chi connectivity index (χ1n) is 4.90. The summed E-state index contributed by atoms with van der Waals surface area (Å²) in [6, 6.07) is 9.97. The van der Waals surface area contributed by atoms with Crippen molar-refractivity contribution in [2.45, 2.75) is 0 Å². The predicted molar refractivity (Wildman–Crippen MR) is 61.3 cm³/mol. The Hall–Kier alpha value is -2.67. The summed E-state index contributed by atoms with van der Waals surface area (Å²) in [4.78, 5) is 14.8. The number of benzene rings is 1. The van der Waals surface area contributed by atoms with Gasteiger partial charge in [-0.2, -0.15) is 5.26 Å². The van der Waals surface area contributed by atoms with E-state index in [2.05, 4.69) is 4.98 Å². The van der Waals surface area contributed by atoms with Crippen molar-refractivity contribution in [1.29, 1.82) is 5.26 Å². The van der Waals surface area contributed by atoms with Gasteiger partial charge in [-0.15, -0.1) is 0 Å². The molecule has 0 radical (unpaired) electrons. The standard InChI is InChI=1S/C13H8N2O2/c14-7-10-4-3-9(13(16)17)6-12(10)11-2-1-5-15-8-11/h1-6,8H,(H,16,17). The fraction of sp³-hybridized carbons (Fsp3) is 0. The molecule has 4 heteroatoms. The smallest absolute Gasteiger partial charge is 0.335 e. The van der Waals surface area contributed by atoms with E-state index in [4.69, 9.17) is 10.4 Å². The van der Waals surface area contributed by atoms with E-state index < -0.39 is 5.97 Å². The Labute approximate surface area is 97.8 Å². The lowest BCUT2D eigenvalue weighted by atomic mass is 9.99. The molecule has 1 aromatic heterocycles. The second-order valence-electron chi connectivity index (χ2n) is 3.42. The van der Waals surface area contributed by atoms with Gasteiger partial charge in [0.05, 0.1) is 17.2 Å². The molecule has 0 aliphatic carbocycles. The topological polar surface area (TPSA) is 74.0 Å². The summed E-state index contributed by atoms with van der Waals surface area (Å²) in [5.41, 5.74) is 1.90. The predicted octanol–water partition coefficient (Wildman–Crippen LogP) is 2.32. The third-order valence-electron chi connectivity index (χ3n) is 2.36. The molecule has 2 rings (SSSR count). The maximum atomic E-state index is 10.9. The molecule has 2 aromatic rings. The Kier molecular flexibility index (Phi) is 2.84. The summed E-state index contributed by atoms with van der Waals surface area (Å²) >= 11 is 0. The third-order valence-corrected chi connectivity index (χ3v) is 2.36. The summed E-state index contributed by atoms with van der Waals surface area (Å²) in [5.74, 6) is -1.01. The van der Waals surface area contributed by atoms with E-state index in [1.54, 1.807) is 24.5 Å². The number of aromatic carboxylic acids is 1. The lowest BCUT2D eigenvalue weighted by molar-refractivity contribution is 0.0697. The van der Waals surface area contributed by atoms with Crippen LogP contribution in [0.15, 0.2) is 42.7 Å². The molecule has 0 amide bonds. The first kappa shape index (κ1) is 10.8. The van der Waals surface area contributed by atoms with E-state index in [1.165, 1.54) is 18.2 Å². The van der Waals surface area contributed by atoms with Crippen molar-refractivity contribution in [3.63, 3.8) is 0 Å². The summed E-state index contributed by atoms with van der Waals surface area (Å²) in [5, 5.41) is 17.9. The summed E-state index contributed by atoms with van der Waals surface area (Å²) < 4.78 is 0. The van der Waals surface area contributed by atoms with Crippen LogP contribution >= 0.6 is 0 Å². The van der Waals surface area contributed by atoms with Gasteiger partial charge >= 0.3 is 5.97 Å². The SMILES string of the molecule is N#Cc1ccc(C(=O)O)cc1-c1cccnc1. The molecular formula is C13H8N2O2. The molecule has 17 heavy (non-hydrogen) atoms. The van der Waals surface area contributed by atoms with Crippen LogP contribution < -0.4 is 0 Å². The van der Waals surface area contributed by atoms with Gasteiger partial charge in [0.25, 0.3) is 0 Å². The Morgan fingerprint density at radius 2 is 2.18 bits per heavy atom. The maximum Gasteiger partial charge on any atom is 0.335 e. The van der Waals surface area contributed by atoms with E-state index in [0.717, 1.165) is 5.56 Å². The zero-order chi connectivity index (χ0) is 12.3. The van der Waals surface area contributed by atoms with Crippen molar-refractivity contribution in [3.05, 3.63) is 53.9 Å².